The average molecular weight is 425 g/mol. The van der Waals surface area contributed by atoms with Gasteiger partial charge < -0.3 is 20.3 Å². The number of terminal acetylenes is 1. The molecule has 1 atom stereocenters. The van der Waals surface area contributed by atoms with E-state index in [-0.39, 0.29) is 30.2 Å². The molecule has 0 heterocycles. The Morgan fingerprint density at radius 2 is 1.44 bits per heavy atom. The molecule has 0 bridgehead atoms. The second kappa shape index (κ2) is 12.7. The van der Waals surface area contributed by atoms with E-state index in [1.165, 1.54) is 24.3 Å². The summed E-state index contributed by atoms with van der Waals surface area (Å²) in [5.74, 6) is 12.9. The Kier molecular flexibility index (Phi) is 9.34. The fourth-order valence-electron chi connectivity index (χ4n) is 2.55. The maximum Gasteiger partial charge on any atom is 0.342 e. The quantitative estimate of drug-likeness (QED) is 0.465. The highest BCUT2D eigenvalue weighted by molar-refractivity contribution is 5.85. The van der Waals surface area contributed by atoms with Crippen LogP contribution in [0.4, 0.5) is 0 Å². The van der Waals surface area contributed by atoms with Crippen molar-refractivity contribution in [2.24, 2.45) is 0 Å². The fourth-order valence-corrected chi connectivity index (χ4v) is 2.55. The highest BCUT2D eigenvalue weighted by Gasteiger charge is 2.22. The summed E-state index contributed by atoms with van der Waals surface area (Å²) in [4.78, 5) is 24.9. The van der Waals surface area contributed by atoms with Crippen molar-refractivity contribution in [1.82, 2.24) is 5.32 Å². The van der Waals surface area contributed by atoms with Gasteiger partial charge in [-0.25, -0.2) is 4.79 Å². The number of aryl methyl sites for hydroxylation is 1. The van der Waals surface area contributed by atoms with Crippen molar-refractivity contribution >= 4 is 11.9 Å². The normalized spacial score (nSPS) is 9.84. The van der Waals surface area contributed by atoms with Crippen LogP contribution in [0.5, 0.6) is 11.5 Å². The average Bonchev–Trinajstić information content (AvgIpc) is 2.79. The lowest BCUT2D eigenvalue weighted by molar-refractivity contribution is -0.141. The summed E-state index contributed by atoms with van der Waals surface area (Å²) >= 11 is 0. The van der Waals surface area contributed by atoms with Gasteiger partial charge in [0, 0.05) is 30.6 Å². The summed E-state index contributed by atoms with van der Waals surface area (Å²) < 4.78 is 4.90. The Labute approximate surface area is 186 Å². The van der Waals surface area contributed by atoms with Crippen molar-refractivity contribution in [1.29, 1.82) is 0 Å². The van der Waals surface area contributed by atoms with E-state index in [1.54, 1.807) is 24.3 Å². The van der Waals surface area contributed by atoms with Crippen molar-refractivity contribution in [3.05, 3.63) is 59.7 Å². The number of aromatic hydroxyl groups is 2. The zero-order chi connectivity index (χ0) is 23.2. The van der Waals surface area contributed by atoms with Crippen molar-refractivity contribution in [2.75, 3.05) is 0 Å². The number of esters is 1. The number of carbonyl (C=O) groups is 2. The van der Waals surface area contributed by atoms with Crippen LogP contribution in [0.15, 0.2) is 48.5 Å². The Bertz CT molecular complexity index is 1170. The lowest BCUT2D eigenvalue weighted by Gasteiger charge is -2.16. The monoisotopic (exact) mass is 425 g/mol. The SMILES string of the molecule is C#CC#CC#CC#COC(=O)C(Cc1ccc(O)cc1)NC(=O)CCc1ccc(O)cc1. The van der Waals surface area contributed by atoms with Crippen LogP contribution in [0, 0.1) is 48.1 Å². The van der Waals surface area contributed by atoms with Crippen LogP contribution in [-0.4, -0.2) is 28.1 Å². The number of nitrogens with one attached hydrogen (secondary N) is 1. The van der Waals surface area contributed by atoms with Gasteiger partial charge in [0.25, 0.3) is 0 Å². The number of rotatable bonds is 7. The molecule has 0 aromatic heterocycles. The zero-order valence-electron chi connectivity index (χ0n) is 17.0. The Morgan fingerprint density at radius 1 is 0.875 bits per heavy atom. The van der Waals surface area contributed by atoms with Gasteiger partial charge in [0.1, 0.15) is 23.6 Å². The molecule has 2 aromatic carbocycles. The van der Waals surface area contributed by atoms with E-state index in [2.05, 4.69) is 46.9 Å². The molecule has 32 heavy (non-hydrogen) atoms. The molecule has 0 spiro atoms. The summed E-state index contributed by atoms with van der Waals surface area (Å²) in [6, 6.07) is 11.8. The van der Waals surface area contributed by atoms with E-state index < -0.39 is 12.0 Å². The van der Waals surface area contributed by atoms with Crippen LogP contribution in [0.25, 0.3) is 0 Å². The van der Waals surface area contributed by atoms with Gasteiger partial charge in [-0.15, -0.1) is 6.42 Å². The van der Waals surface area contributed by atoms with Crippen molar-refractivity contribution < 1.29 is 24.5 Å². The predicted molar refractivity (Wildman–Crippen MR) is 118 cm³/mol. The molecule has 1 unspecified atom stereocenters. The van der Waals surface area contributed by atoms with Gasteiger partial charge in [-0.1, -0.05) is 24.3 Å². The minimum Gasteiger partial charge on any atom is -0.508 e. The van der Waals surface area contributed by atoms with Gasteiger partial charge in [0.2, 0.25) is 5.91 Å². The second-order valence-corrected chi connectivity index (χ2v) is 6.45. The standard InChI is InChI=1S/C26H19NO5/c1-2-3-4-5-6-7-18-32-26(31)24(19-21-10-15-23(29)16-11-21)27-25(30)17-12-20-8-13-22(28)14-9-20/h1,8-11,13-16,24,28-29H,12,17,19H2,(H,27,30). The van der Waals surface area contributed by atoms with E-state index in [4.69, 9.17) is 11.2 Å². The lowest BCUT2D eigenvalue weighted by Crippen LogP contribution is -2.43. The van der Waals surface area contributed by atoms with Gasteiger partial charge in [-0.3, -0.25) is 4.79 Å². The first kappa shape index (κ1) is 23.5. The first-order valence-electron chi connectivity index (χ1n) is 9.49. The van der Waals surface area contributed by atoms with E-state index in [0.29, 0.717) is 12.0 Å². The summed E-state index contributed by atoms with van der Waals surface area (Å²) in [6.07, 6.45) is 7.83. The number of ether oxygens (including phenoxy) is 1. The smallest absolute Gasteiger partial charge is 0.342 e. The molecule has 158 valence electrons. The van der Waals surface area contributed by atoms with Crippen LogP contribution in [0.1, 0.15) is 17.5 Å². The Morgan fingerprint density at radius 3 is 2.06 bits per heavy atom. The number of phenols is 2. The largest absolute Gasteiger partial charge is 0.508 e. The number of hydrogen-bond acceptors (Lipinski definition) is 5. The molecule has 0 radical (unpaired) electrons. The van der Waals surface area contributed by atoms with Gasteiger partial charge in [0.15, 0.2) is 0 Å². The summed E-state index contributed by atoms with van der Waals surface area (Å²) in [7, 11) is 0. The number of hydrogen-bond donors (Lipinski definition) is 3. The molecule has 2 rings (SSSR count). The molecule has 0 aliphatic carbocycles. The maximum atomic E-state index is 12.5. The van der Waals surface area contributed by atoms with Crippen LogP contribution in [0.3, 0.4) is 0 Å². The number of benzene rings is 2. The maximum absolute atomic E-state index is 12.5. The summed E-state index contributed by atoms with van der Waals surface area (Å²) in [6.45, 7) is 0. The van der Waals surface area contributed by atoms with E-state index in [0.717, 1.165) is 5.56 Å². The van der Waals surface area contributed by atoms with Crippen molar-refractivity contribution in [2.45, 2.75) is 25.3 Å². The summed E-state index contributed by atoms with van der Waals surface area (Å²) in [5.41, 5.74) is 1.58. The molecule has 0 saturated carbocycles. The number of carbonyl (C=O) groups excluding carboxylic acids is 2. The van der Waals surface area contributed by atoms with Crippen LogP contribution in [0.2, 0.25) is 0 Å². The molecule has 6 nitrogen and oxygen atoms in total. The molecule has 1 amide bonds. The van der Waals surface area contributed by atoms with Crippen LogP contribution in [-0.2, 0) is 27.2 Å². The third kappa shape index (κ3) is 8.71. The topological polar surface area (TPSA) is 95.9 Å². The van der Waals surface area contributed by atoms with Crippen LogP contribution >= 0.6 is 0 Å². The van der Waals surface area contributed by atoms with Crippen molar-refractivity contribution in [3.63, 3.8) is 0 Å². The van der Waals surface area contributed by atoms with Crippen molar-refractivity contribution in [3.8, 4) is 59.6 Å². The molecule has 2 aromatic rings. The molecule has 0 aliphatic rings. The van der Waals surface area contributed by atoms with Crippen LogP contribution < -0.4 is 5.32 Å². The van der Waals surface area contributed by atoms with Gasteiger partial charge >= 0.3 is 5.97 Å². The van der Waals surface area contributed by atoms with E-state index in [9.17, 15) is 19.8 Å². The van der Waals surface area contributed by atoms with E-state index in [1.807, 2.05) is 0 Å². The molecule has 0 saturated heterocycles. The van der Waals surface area contributed by atoms with E-state index >= 15 is 0 Å². The summed E-state index contributed by atoms with van der Waals surface area (Å²) in [5, 5.41) is 21.4. The van der Waals surface area contributed by atoms with Gasteiger partial charge in [0.05, 0.1) is 0 Å². The number of phenolic OH excluding ortho intramolecular Hbond substituents is 2. The van der Waals surface area contributed by atoms with Gasteiger partial charge in [-0.2, -0.15) is 0 Å². The Hall–Kier alpha value is -4.78. The zero-order valence-corrected chi connectivity index (χ0v) is 17.0. The highest BCUT2D eigenvalue weighted by Crippen LogP contribution is 2.13. The molecule has 0 aliphatic heterocycles. The molecule has 3 N–H and O–H groups in total. The first-order chi connectivity index (χ1) is 15.5. The molecule has 0 fully saturated rings. The third-order valence-corrected chi connectivity index (χ3v) is 4.10. The third-order valence-electron chi connectivity index (χ3n) is 4.10. The molecular weight excluding hydrogens is 406 g/mol. The van der Waals surface area contributed by atoms with Gasteiger partial charge in [-0.05, 0) is 59.6 Å². The molecular formula is C26H19NO5. The lowest BCUT2D eigenvalue weighted by atomic mass is 10.0. The highest BCUT2D eigenvalue weighted by atomic mass is 16.5. The number of amides is 1. The fraction of sp³-hybridized carbons (Fsp3) is 0.154. The Balaban J connectivity index is 2.02. The minimum absolute atomic E-state index is 0.0863. The molecule has 6 heteroatoms. The minimum atomic E-state index is -0.990. The first-order valence-corrected chi connectivity index (χ1v) is 9.49. The predicted octanol–water partition coefficient (Wildman–Crippen LogP) is 1.90. The second-order valence-electron chi connectivity index (χ2n) is 6.45.